The minimum absolute atomic E-state index is 0.0184. The van der Waals surface area contributed by atoms with Crippen molar-refractivity contribution in [2.75, 3.05) is 26.3 Å². The molecule has 0 rings (SSSR count). The van der Waals surface area contributed by atoms with Crippen molar-refractivity contribution < 1.29 is 19.1 Å². The highest BCUT2D eigenvalue weighted by Crippen LogP contribution is 2.05. The molecule has 0 heterocycles. The molecule has 6 nitrogen and oxygen atoms in total. The van der Waals surface area contributed by atoms with Crippen LogP contribution in [-0.2, 0) is 14.3 Å². The fourth-order valence-corrected chi connectivity index (χ4v) is 1.33. The lowest BCUT2D eigenvalue weighted by Crippen LogP contribution is -2.34. The monoisotopic (exact) mass is 300 g/mol. The Hall–Kier alpha value is -1.56. The topological polar surface area (TPSA) is 76.7 Å². The minimum Gasteiger partial charge on any atom is -0.444 e. The molecule has 0 aromatic carbocycles. The minimum atomic E-state index is -0.499. The molecule has 2 N–H and O–H groups in total. The highest BCUT2D eigenvalue weighted by atomic mass is 16.6. The summed E-state index contributed by atoms with van der Waals surface area (Å²) in [6.45, 7) is 9.08. The van der Waals surface area contributed by atoms with Crippen molar-refractivity contribution in [3.8, 4) is 0 Å². The van der Waals surface area contributed by atoms with Crippen molar-refractivity contribution in [1.82, 2.24) is 10.6 Å². The Bertz CT molecular complexity index is 335. The average Bonchev–Trinajstić information content (AvgIpc) is 2.35. The number of alkyl carbamates (subject to hydrolysis) is 1. The molecule has 21 heavy (non-hydrogen) atoms. The highest BCUT2D eigenvalue weighted by Gasteiger charge is 2.15. The van der Waals surface area contributed by atoms with Crippen LogP contribution in [0.15, 0.2) is 12.2 Å². The number of ether oxygens (including phenoxy) is 2. The lowest BCUT2D eigenvalue weighted by atomic mass is 10.2. The van der Waals surface area contributed by atoms with Crippen molar-refractivity contribution in [3.05, 3.63) is 12.2 Å². The van der Waals surface area contributed by atoms with E-state index in [1.165, 1.54) is 0 Å². The molecule has 0 aliphatic carbocycles. The van der Waals surface area contributed by atoms with Gasteiger partial charge in [-0.25, -0.2) is 4.79 Å². The number of hydrogen-bond donors (Lipinski definition) is 2. The van der Waals surface area contributed by atoms with Gasteiger partial charge in [0.15, 0.2) is 0 Å². The quantitative estimate of drug-likeness (QED) is 0.504. The lowest BCUT2D eigenvalue weighted by Gasteiger charge is -2.19. The SMILES string of the molecule is CC/C=C\CC(=O)NCCOCCNC(=O)OC(C)(C)C. The fourth-order valence-electron chi connectivity index (χ4n) is 1.33. The molecule has 0 atom stereocenters. The molecule has 0 aromatic heterocycles. The average molecular weight is 300 g/mol. The van der Waals surface area contributed by atoms with E-state index in [0.29, 0.717) is 32.7 Å². The molecule has 0 aliphatic rings. The van der Waals surface area contributed by atoms with E-state index >= 15 is 0 Å². The predicted octanol–water partition coefficient (Wildman–Crippen LogP) is 2.00. The van der Waals surface area contributed by atoms with Gasteiger partial charge in [0.25, 0.3) is 0 Å². The van der Waals surface area contributed by atoms with E-state index in [-0.39, 0.29) is 5.91 Å². The van der Waals surface area contributed by atoms with E-state index in [1.54, 1.807) is 0 Å². The maximum atomic E-state index is 11.3. The van der Waals surface area contributed by atoms with Crippen LogP contribution >= 0.6 is 0 Å². The van der Waals surface area contributed by atoms with Crippen LogP contribution in [0.25, 0.3) is 0 Å². The van der Waals surface area contributed by atoms with Gasteiger partial charge < -0.3 is 20.1 Å². The van der Waals surface area contributed by atoms with Gasteiger partial charge in [-0.1, -0.05) is 19.1 Å². The van der Waals surface area contributed by atoms with Crippen LogP contribution in [-0.4, -0.2) is 43.9 Å². The van der Waals surface area contributed by atoms with Crippen molar-refractivity contribution in [1.29, 1.82) is 0 Å². The third-order valence-corrected chi connectivity index (χ3v) is 2.19. The van der Waals surface area contributed by atoms with Crippen LogP contribution in [0.1, 0.15) is 40.5 Å². The summed E-state index contributed by atoms with van der Waals surface area (Å²) in [5.41, 5.74) is -0.499. The van der Waals surface area contributed by atoms with Gasteiger partial charge in [0, 0.05) is 19.5 Å². The molecule has 0 bridgehead atoms. The van der Waals surface area contributed by atoms with Crippen molar-refractivity contribution in [2.24, 2.45) is 0 Å². The second-order valence-corrected chi connectivity index (χ2v) is 5.47. The second kappa shape index (κ2) is 11.1. The van der Waals surface area contributed by atoms with Crippen molar-refractivity contribution in [2.45, 2.75) is 46.1 Å². The second-order valence-electron chi connectivity index (χ2n) is 5.47. The van der Waals surface area contributed by atoms with E-state index in [4.69, 9.17) is 9.47 Å². The first kappa shape index (κ1) is 19.4. The van der Waals surface area contributed by atoms with Crippen molar-refractivity contribution >= 4 is 12.0 Å². The first-order chi connectivity index (χ1) is 9.85. The largest absolute Gasteiger partial charge is 0.444 e. The third kappa shape index (κ3) is 14.7. The summed E-state index contributed by atoms with van der Waals surface area (Å²) in [6.07, 6.45) is 4.68. The number of carbonyl (C=O) groups is 2. The van der Waals surface area contributed by atoms with E-state index in [2.05, 4.69) is 10.6 Å². The summed E-state index contributed by atoms with van der Waals surface area (Å²) >= 11 is 0. The molecule has 6 heteroatoms. The Morgan fingerprint density at radius 2 is 1.67 bits per heavy atom. The fraction of sp³-hybridized carbons (Fsp3) is 0.733. The third-order valence-electron chi connectivity index (χ3n) is 2.19. The molecule has 2 amide bonds. The van der Waals surface area contributed by atoms with E-state index in [9.17, 15) is 9.59 Å². The van der Waals surface area contributed by atoms with Gasteiger partial charge in [0.2, 0.25) is 5.91 Å². The van der Waals surface area contributed by atoms with Gasteiger partial charge in [-0.05, 0) is 27.2 Å². The molecule has 0 fully saturated rings. The standard InChI is InChI=1S/C15H28N2O4/c1-5-6-7-8-13(18)16-9-11-20-12-10-17-14(19)21-15(2,3)4/h6-7H,5,8-12H2,1-4H3,(H,16,18)(H,17,19)/b7-6-. The molecule has 0 aromatic rings. The Labute approximate surface area is 127 Å². The van der Waals surface area contributed by atoms with E-state index in [1.807, 2.05) is 39.8 Å². The zero-order valence-corrected chi connectivity index (χ0v) is 13.5. The Morgan fingerprint density at radius 3 is 2.24 bits per heavy atom. The van der Waals surface area contributed by atoms with Crippen LogP contribution in [0.4, 0.5) is 4.79 Å². The molecule has 0 unspecified atom stereocenters. The molecule has 0 aliphatic heterocycles. The molecular weight excluding hydrogens is 272 g/mol. The van der Waals surface area contributed by atoms with Gasteiger partial charge in [-0.2, -0.15) is 0 Å². The summed E-state index contributed by atoms with van der Waals surface area (Å²) < 4.78 is 10.4. The molecule has 0 spiro atoms. The summed E-state index contributed by atoms with van der Waals surface area (Å²) in [7, 11) is 0. The Kier molecular flexibility index (Phi) is 10.3. The Balaban J connectivity index is 3.42. The molecule has 122 valence electrons. The summed E-state index contributed by atoms with van der Waals surface area (Å²) in [5.74, 6) is -0.0184. The lowest BCUT2D eigenvalue weighted by molar-refractivity contribution is -0.120. The van der Waals surface area contributed by atoms with Crippen LogP contribution < -0.4 is 10.6 Å². The molecular formula is C15H28N2O4. The maximum Gasteiger partial charge on any atom is 0.407 e. The molecule has 0 saturated carbocycles. The van der Waals surface area contributed by atoms with Gasteiger partial charge in [-0.15, -0.1) is 0 Å². The summed E-state index contributed by atoms with van der Waals surface area (Å²) in [4.78, 5) is 22.6. The van der Waals surface area contributed by atoms with Gasteiger partial charge >= 0.3 is 6.09 Å². The van der Waals surface area contributed by atoms with Crippen LogP contribution in [0.3, 0.4) is 0 Å². The zero-order valence-electron chi connectivity index (χ0n) is 13.5. The normalized spacial score (nSPS) is 11.4. The summed E-state index contributed by atoms with van der Waals surface area (Å²) in [5, 5.41) is 5.34. The number of carbonyl (C=O) groups excluding carboxylic acids is 2. The number of nitrogens with one attached hydrogen (secondary N) is 2. The highest BCUT2D eigenvalue weighted by molar-refractivity contribution is 5.77. The number of allylic oxidation sites excluding steroid dienone is 1. The number of hydrogen-bond acceptors (Lipinski definition) is 4. The maximum absolute atomic E-state index is 11.3. The first-order valence-corrected chi connectivity index (χ1v) is 7.31. The van der Waals surface area contributed by atoms with Gasteiger partial charge in [0.1, 0.15) is 5.60 Å². The Morgan fingerprint density at radius 1 is 1.05 bits per heavy atom. The molecule has 0 radical (unpaired) electrons. The van der Waals surface area contributed by atoms with Gasteiger partial charge in [0.05, 0.1) is 13.2 Å². The summed E-state index contributed by atoms with van der Waals surface area (Å²) in [6, 6.07) is 0. The van der Waals surface area contributed by atoms with E-state index < -0.39 is 11.7 Å². The zero-order chi connectivity index (χ0) is 16.1. The number of rotatable bonds is 9. The van der Waals surface area contributed by atoms with Crippen LogP contribution in [0.2, 0.25) is 0 Å². The van der Waals surface area contributed by atoms with Crippen LogP contribution in [0, 0.1) is 0 Å². The van der Waals surface area contributed by atoms with Gasteiger partial charge in [-0.3, -0.25) is 4.79 Å². The molecule has 0 saturated heterocycles. The van der Waals surface area contributed by atoms with Crippen LogP contribution in [0.5, 0.6) is 0 Å². The van der Waals surface area contributed by atoms with Crippen molar-refractivity contribution in [3.63, 3.8) is 0 Å². The van der Waals surface area contributed by atoms with E-state index in [0.717, 1.165) is 6.42 Å². The first-order valence-electron chi connectivity index (χ1n) is 7.31. The number of amides is 2. The predicted molar refractivity (Wildman–Crippen MR) is 82.1 cm³/mol. The smallest absolute Gasteiger partial charge is 0.407 e.